The average Bonchev–Trinajstić information content (AvgIpc) is 2.45. The second-order valence-corrected chi connectivity index (χ2v) is 5.65. The van der Waals surface area contributed by atoms with Crippen LogP contribution in [0.1, 0.15) is 32.8 Å². The first-order valence-electron chi connectivity index (χ1n) is 7.40. The van der Waals surface area contributed by atoms with Crippen molar-refractivity contribution in [3.63, 3.8) is 0 Å². The van der Waals surface area contributed by atoms with Crippen LogP contribution in [0.3, 0.4) is 0 Å². The molecule has 0 unspecified atom stereocenters. The van der Waals surface area contributed by atoms with Crippen LogP contribution in [-0.2, 0) is 0 Å². The molecule has 2 nitrogen and oxygen atoms in total. The normalized spacial score (nSPS) is 12.3. The Morgan fingerprint density at radius 1 is 1.25 bits per heavy atom. The van der Waals surface area contributed by atoms with Crippen LogP contribution >= 0.6 is 0 Å². The van der Waals surface area contributed by atoms with Gasteiger partial charge in [-0.15, -0.1) is 0 Å². The molecule has 2 heteroatoms. The van der Waals surface area contributed by atoms with Gasteiger partial charge in [-0.2, -0.15) is 0 Å². The van der Waals surface area contributed by atoms with Crippen molar-refractivity contribution < 1.29 is 0 Å². The lowest BCUT2D eigenvalue weighted by Crippen LogP contribution is -2.20. The highest BCUT2D eigenvalue weighted by Crippen LogP contribution is 2.23. The smallest absolute Gasteiger partial charge is 0.0708 e. The maximum Gasteiger partial charge on any atom is 0.0708 e. The Labute approximate surface area is 121 Å². The molecule has 106 valence electrons. The van der Waals surface area contributed by atoms with Gasteiger partial charge in [-0.25, -0.2) is 0 Å². The van der Waals surface area contributed by atoms with Crippen molar-refractivity contribution in [1.29, 1.82) is 0 Å². The molecule has 0 fully saturated rings. The van der Waals surface area contributed by atoms with Crippen molar-refractivity contribution in [2.75, 3.05) is 13.1 Å². The molecule has 0 atom stereocenters. The lowest BCUT2D eigenvalue weighted by Gasteiger charge is -2.08. The number of benzene rings is 1. The van der Waals surface area contributed by atoms with Gasteiger partial charge in [0.1, 0.15) is 0 Å². The fourth-order valence-corrected chi connectivity index (χ4v) is 2.34. The molecule has 0 aliphatic rings. The van der Waals surface area contributed by atoms with Crippen LogP contribution < -0.4 is 5.32 Å². The van der Waals surface area contributed by atoms with E-state index in [2.05, 4.69) is 61.4 Å². The molecule has 2 aromatic rings. The molecule has 0 saturated carbocycles. The van der Waals surface area contributed by atoms with E-state index in [1.54, 1.807) is 0 Å². The predicted molar refractivity (Wildman–Crippen MR) is 87.7 cm³/mol. The Morgan fingerprint density at radius 2 is 2.10 bits per heavy atom. The third kappa shape index (κ3) is 3.91. The number of hydrogen-bond acceptors (Lipinski definition) is 2. The zero-order chi connectivity index (χ0) is 14.4. The fraction of sp³-hybridized carbons (Fsp3) is 0.389. The van der Waals surface area contributed by atoms with E-state index in [1.807, 2.05) is 12.3 Å². The molecular weight excluding hydrogens is 244 g/mol. The minimum atomic E-state index is 0.712. The summed E-state index contributed by atoms with van der Waals surface area (Å²) in [5.74, 6) is 0.712. The minimum absolute atomic E-state index is 0.712. The molecule has 0 saturated heterocycles. The molecule has 0 radical (unpaired) electrons. The third-order valence-electron chi connectivity index (χ3n) is 3.39. The van der Waals surface area contributed by atoms with Gasteiger partial charge in [0.2, 0.25) is 0 Å². The van der Waals surface area contributed by atoms with E-state index in [0.717, 1.165) is 25.0 Å². The number of pyridine rings is 1. The van der Waals surface area contributed by atoms with E-state index in [4.69, 9.17) is 0 Å². The molecule has 0 bridgehead atoms. The molecule has 0 aliphatic heterocycles. The second kappa shape index (κ2) is 7.20. The highest BCUT2D eigenvalue weighted by Gasteiger charge is 2.02. The number of hydrogen-bond donors (Lipinski definition) is 1. The maximum absolute atomic E-state index is 4.41. The van der Waals surface area contributed by atoms with Crippen LogP contribution in [0.15, 0.2) is 42.6 Å². The summed E-state index contributed by atoms with van der Waals surface area (Å²) < 4.78 is 0. The van der Waals surface area contributed by atoms with E-state index in [9.17, 15) is 0 Å². The first-order valence-corrected chi connectivity index (χ1v) is 7.40. The van der Waals surface area contributed by atoms with Crippen LogP contribution in [-0.4, -0.2) is 18.1 Å². The summed E-state index contributed by atoms with van der Waals surface area (Å²) in [6.07, 6.45) is 5.23. The summed E-state index contributed by atoms with van der Waals surface area (Å²) >= 11 is 0. The van der Waals surface area contributed by atoms with Crippen molar-refractivity contribution in [3.8, 4) is 0 Å². The van der Waals surface area contributed by atoms with E-state index in [-0.39, 0.29) is 0 Å². The lowest BCUT2D eigenvalue weighted by molar-refractivity contribution is 0.557. The van der Waals surface area contributed by atoms with E-state index in [0.29, 0.717) is 5.92 Å². The van der Waals surface area contributed by atoms with Gasteiger partial charge in [-0.3, -0.25) is 4.98 Å². The van der Waals surface area contributed by atoms with Gasteiger partial charge < -0.3 is 5.32 Å². The third-order valence-corrected chi connectivity index (χ3v) is 3.39. The fourth-order valence-electron chi connectivity index (χ4n) is 2.34. The molecule has 1 heterocycles. The van der Waals surface area contributed by atoms with Crippen molar-refractivity contribution in [1.82, 2.24) is 10.3 Å². The summed E-state index contributed by atoms with van der Waals surface area (Å²) in [6, 6.07) is 10.5. The summed E-state index contributed by atoms with van der Waals surface area (Å²) in [6.45, 7) is 8.78. The largest absolute Gasteiger partial charge is 0.316 e. The number of allylic oxidation sites excluding steroid dienone is 1. The van der Waals surface area contributed by atoms with Gasteiger partial charge in [0.25, 0.3) is 0 Å². The summed E-state index contributed by atoms with van der Waals surface area (Å²) in [5.41, 5.74) is 3.69. The highest BCUT2D eigenvalue weighted by molar-refractivity contribution is 5.91. The molecule has 2 rings (SSSR count). The molecular formula is C18H24N2. The molecule has 1 aromatic carbocycles. The second-order valence-electron chi connectivity index (χ2n) is 5.65. The topological polar surface area (TPSA) is 24.9 Å². The van der Waals surface area contributed by atoms with Gasteiger partial charge in [-0.05, 0) is 55.6 Å². The Bertz CT molecular complexity index is 579. The van der Waals surface area contributed by atoms with Crippen LogP contribution in [0.5, 0.6) is 0 Å². The quantitative estimate of drug-likeness (QED) is 0.791. The molecule has 1 N–H and O–H groups in total. The Kier molecular flexibility index (Phi) is 5.31. The van der Waals surface area contributed by atoms with E-state index in [1.165, 1.54) is 16.5 Å². The van der Waals surface area contributed by atoms with Gasteiger partial charge in [0, 0.05) is 11.6 Å². The minimum Gasteiger partial charge on any atom is -0.316 e. The zero-order valence-corrected chi connectivity index (χ0v) is 12.7. The van der Waals surface area contributed by atoms with Crippen molar-refractivity contribution >= 4 is 16.5 Å². The van der Waals surface area contributed by atoms with Crippen molar-refractivity contribution in [2.24, 2.45) is 5.92 Å². The van der Waals surface area contributed by atoms with Crippen LogP contribution in [0, 0.1) is 5.92 Å². The summed E-state index contributed by atoms with van der Waals surface area (Å²) in [7, 11) is 0. The van der Waals surface area contributed by atoms with Gasteiger partial charge in [-0.1, -0.05) is 38.1 Å². The van der Waals surface area contributed by atoms with Crippen LogP contribution in [0.25, 0.3) is 16.5 Å². The highest BCUT2D eigenvalue weighted by atomic mass is 14.8. The first kappa shape index (κ1) is 14.7. The Morgan fingerprint density at radius 3 is 2.90 bits per heavy atom. The number of fused-ring (bicyclic) bond motifs is 1. The Balaban J connectivity index is 2.05. The molecule has 0 spiro atoms. The standard InChI is InChI=1S/C18H24N2/c1-14(2)13-19-11-5-7-15(3)16-8-4-10-18-17(16)9-6-12-20-18/h4,6-10,12,14,19H,5,11,13H2,1-3H3/b15-7-. The first-order chi connectivity index (χ1) is 9.68. The Hall–Kier alpha value is -1.67. The van der Waals surface area contributed by atoms with Crippen molar-refractivity contribution in [3.05, 3.63) is 48.2 Å². The SMILES string of the molecule is C/C(=C/CCNCC(C)C)c1cccc2ncccc12. The average molecular weight is 268 g/mol. The predicted octanol–water partition coefficient (Wildman–Crippen LogP) is 4.27. The molecule has 1 aromatic heterocycles. The monoisotopic (exact) mass is 268 g/mol. The summed E-state index contributed by atoms with van der Waals surface area (Å²) in [5, 5.41) is 4.71. The summed E-state index contributed by atoms with van der Waals surface area (Å²) in [4.78, 5) is 4.41. The van der Waals surface area contributed by atoms with Gasteiger partial charge in [0.15, 0.2) is 0 Å². The van der Waals surface area contributed by atoms with Gasteiger partial charge >= 0.3 is 0 Å². The number of nitrogens with one attached hydrogen (secondary N) is 1. The molecule has 0 amide bonds. The van der Waals surface area contributed by atoms with Crippen LogP contribution in [0.4, 0.5) is 0 Å². The molecule has 20 heavy (non-hydrogen) atoms. The number of aromatic nitrogens is 1. The maximum atomic E-state index is 4.41. The van der Waals surface area contributed by atoms with E-state index < -0.39 is 0 Å². The van der Waals surface area contributed by atoms with Gasteiger partial charge in [0.05, 0.1) is 5.52 Å². The van der Waals surface area contributed by atoms with E-state index >= 15 is 0 Å². The zero-order valence-electron chi connectivity index (χ0n) is 12.7. The number of nitrogens with zero attached hydrogens (tertiary/aromatic N) is 1. The lowest BCUT2D eigenvalue weighted by atomic mass is 10.0. The molecule has 0 aliphatic carbocycles. The number of rotatable bonds is 6. The van der Waals surface area contributed by atoms with Crippen LogP contribution in [0.2, 0.25) is 0 Å². The van der Waals surface area contributed by atoms with Crippen molar-refractivity contribution in [2.45, 2.75) is 27.2 Å².